The first-order valence-corrected chi connectivity index (χ1v) is 7.82. The molecular weight excluding hydrogens is 286 g/mol. The Labute approximate surface area is 136 Å². The molecule has 0 fully saturated rings. The zero-order valence-electron chi connectivity index (χ0n) is 13.2. The molecule has 0 bridgehead atoms. The van der Waals surface area contributed by atoms with E-state index in [4.69, 9.17) is 4.42 Å². The first kappa shape index (κ1) is 15.2. The molecule has 0 aliphatic rings. The Kier molecular flexibility index (Phi) is 4.67. The molecule has 0 atom stereocenters. The van der Waals surface area contributed by atoms with Crippen molar-refractivity contribution in [2.75, 3.05) is 0 Å². The first-order valence-electron chi connectivity index (χ1n) is 7.82. The molecule has 116 valence electrons. The minimum atomic E-state index is 0.104. The van der Waals surface area contributed by atoms with Gasteiger partial charge in [0.2, 0.25) is 5.89 Å². The summed E-state index contributed by atoms with van der Waals surface area (Å²) in [5.41, 5.74) is 3.97. The maximum Gasteiger partial charge on any atom is 0.226 e. The van der Waals surface area contributed by atoms with Crippen molar-refractivity contribution in [3.8, 4) is 11.5 Å². The van der Waals surface area contributed by atoms with Crippen LogP contribution in [0.1, 0.15) is 35.0 Å². The summed E-state index contributed by atoms with van der Waals surface area (Å²) in [7, 11) is 0. The number of hydrogen-bond acceptors (Lipinski definition) is 3. The molecule has 0 saturated heterocycles. The van der Waals surface area contributed by atoms with Crippen molar-refractivity contribution >= 4 is 5.78 Å². The lowest BCUT2D eigenvalue weighted by molar-refractivity contribution is 0.101. The fourth-order valence-electron chi connectivity index (χ4n) is 2.51. The van der Waals surface area contributed by atoms with Crippen LogP contribution in [0.3, 0.4) is 0 Å². The Balaban J connectivity index is 1.55. The average molecular weight is 305 g/mol. The van der Waals surface area contributed by atoms with E-state index in [0.29, 0.717) is 5.89 Å². The highest BCUT2D eigenvalue weighted by atomic mass is 16.3. The van der Waals surface area contributed by atoms with E-state index in [-0.39, 0.29) is 5.78 Å². The largest absolute Gasteiger partial charge is 0.444 e. The Morgan fingerprint density at radius 1 is 1.00 bits per heavy atom. The third kappa shape index (κ3) is 3.95. The topological polar surface area (TPSA) is 43.1 Å². The second-order valence-electron chi connectivity index (χ2n) is 5.62. The molecule has 0 saturated carbocycles. The highest BCUT2D eigenvalue weighted by Crippen LogP contribution is 2.19. The van der Waals surface area contributed by atoms with E-state index < -0.39 is 0 Å². The smallest absolute Gasteiger partial charge is 0.226 e. The highest BCUT2D eigenvalue weighted by molar-refractivity contribution is 5.93. The Hall–Kier alpha value is -2.68. The van der Waals surface area contributed by atoms with Gasteiger partial charge in [-0.05, 0) is 43.9 Å². The van der Waals surface area contributed by atoms with Crippen molar-refractivity contribution < 1.29 is 9.21 Å². The maximum absolute atomic E-state index is 11.3. The van der Waals surface area contributed by atoms with Gasteiger partial charge in [-0.3, -0.25) is 4.79 Å². The predicted molar refractivity (Wildman–Crippen MR) is 90.4 cm³/mol. The van der Waals surface area contributed by atoms with Crippen LogP contribution in [0.15, 0.2) is 65.3 Å². The van der Waals surface area contributed by atoms with Gasteiger partial charge in [0.05, 0.1) is 5.69 Å². The molecule has 0 amide bonds. The lowest BCUT2D eigenvalue weighted by Crippen LogP contribution is -1.94. The molecule has 0 aliphatic heterocycles. The third-order valence-corrected chi connectivity index (χ3v) is 3.83. The zero-order valence-corrected chi connectivity index (χ0v) is 13.2. The van der Waals surface area contributed by atoms with Gasteiger partial charge in [0.15, 0.2) is 5.78 Å². The second-order valence-corrected chi connectivity index (χ2v) is 5.62. The van der Waals surface area contributed by atoms with Crippen molar-refractivity contribution in [3.63, 3.8) is 0 Å². The summed E-state index contributed by atoms with van der Waals surface area (Å²) in [6.45, 7) is 1.59. The quantitative estimate of drug-likeness (QED) is 0.619. The number of benzene rings is 2. The van der Waals surface area contributed by atoms with Crippen molar-refractivity contribution in [2.24, 2.45) is 0 Å². The number of aromatic nitrogens is 1. The van der Waals surface area contributed by atoms with Crippen molar-refractivity contribution in [1.29, 1.82) is 0 Å². The molecule has 3 heteroatoms. The number of hydrogen-bond donors (Lipinski definition) is 0. The fourth-order valence-corrected chi connectivity index (χ4v) is 2.51. The summed E-state index contributed by atoms with van der Waals surface area (Å²) in [5.74, 6) is 0.777. The van der Waals surface area contributed by atoms with Gasteiger partial charge in [-0.25, -0.2) is 4.98 Å². The van der Waals surface area contributed by atoms with E-state index in [1.165, 1.54) is 5.56 Å². The van der Waals surface area contributed by atoms with Crippen LogP contribution in [-0.4, -0.2) is 10.8 Å². The summed E-state index contributed by atoms with van der Waals surface area (Å²) in [6.07, 6.45) is 4.58. The molecule has 1 aromatic heterocycles. The van der Waals surface area contributed by atoms with Gasteiger partial charge >= 0.3 is 0 Å². The fraction of sp³-hybridized carbons (Fsp3) is 0.200. The molecule has 23 heavy (non-hydrogen) atoms. The van der Waals surface area contributed by atoms with Crippen molar-refractivity contribution in [3.05, 3.63) is 77.7 Å². The van der Waals surface area contributed by atoms with E-state index in [1.807, 2.05) is 54.6 Å². The summed E-state index contributed by atoms with van der Waals surface area (Å²) < 4.78 is 5.55. The molecule has 2 aromatic carbocycles. The maximum atomic E-state index is 11.3. The first-order chi connectivity index (χ1) is 11.2. The van der Waals surface area contributed by atoms with Crippen molar-refractivity contribution in [2.45, 2.75) is 26.2 Å². The summed E-state index contributed by atoms with van der Waals surface area (Å²) in [5, 5.41) is 0. The van der Waals surface area contributed by atoms with E-state index in [2.05, 4.69) is 4.98 Å². The Bertz CT molecular complexity index is 773. The minimum absolute atomic E-state index is 0.104. The Morgan fingerprint density at radius 2 is 1.74 bits per heavy atom. The Morgan fingerprint density at radius 3 is 2.43 bits per heavy atom. The lowest BCUT2D eigenvalue weighted by Gasteiger charge is -2.01. The zero-order chi connectivity index (χ0) is 16.1. The van der Waals surface area contributed by atoms with Gasteiger partial charge < -0.3 is 4.42 Å². The molecule has 0 radical (unpaired) electrons. The van der Waals surface area contributed by atoms with Crippen LogP contribution < -0.4 is 0 Å². The van der Waals surface area contributed by atoms with Crippen LogP contribution in [0.2, 0.25) is 0 Å². The van der Waals surface area contributed by atoms with Gasteiger partial charge in [-0.15, -0.1) is 0 Å². The number of ketones is 1. The molecular formula is C20H19NO2. The van der Waals surface area contributed by atoms with E-state index >= 15 is 0 Å². The van der Waals surface area contributed by atoms with Crippen LogP contribution in [0, 0.1) is 0 Å². The van der Waals surface area contributed by atoms with E-state index in [9.17, 15) is 4.79 Å². The SMILES string of the molecule is CC(=O)c1ccc(CCCc2coc(-c3ccccc3)n2)cc1. The standard InChI is InChI=1S/C20H19NO2/c1-15(22)17-12-10-16(11-13-17)6-5-9-19-14-23-20(21-19)18-7-3-2-4-8-18/h2-4,7-8,10-14H,5-6,9H2,1H3. The molecule has 0 unspecified atom stereocenters. The number of oxazole rings is 1. The van der Waals surface area contributed by atoms with Gasteiger partial charge in [-0.2, -0.15) is 0 Å². The summed E-state index contributed by atoms with van der Waals surface area (Å²) in [4.78, 5) is 15.8. The molecule has 3 aromatic rings. The number of carbonyl (C=O) groups is 1. The number of rotatable bonds is 6. The van der Waals surface area contributed by atoms with Crippen LogP contribution in [0.5, 0.6) is 0 Å². The third-order valence-electron chi connectivity index (χ3n) is 3.83. The van der Waals surface area contributed by atoms with Gasteiger partial charge in [0.25, 0.3) is 0 Å². The molecule has 3 nitrogen and oxygen atoms in total. The van der Waals surface area contributed by atoms with Gasteiger partial charge in [0.1, 0.15) is 6.26 Å². The monoisotopic (exact) mass is 305 g/mol. The number of aryl methyl sites for hydroxylation is 2. The van der Waals surface area contributed by atoms with E-state index in [0.717, 1.165) is 36.1 Å². The van der Waals surface area contributed by atoms with Crippen LogP contribution >= 0.6 is 0 Å². The predicted octanol–water partition coefficient (Wildman–Crippen LogP) is 4.72. The molecule has 0 spiro atoms. The molecule has 0 aliphatic carbocycles. The van der Waals surface area contributed by atoms with Gasteiger partial charge in [-0.1, -0.05) is 42.5 Å². The van der Waals surface area contributed by atoms with Crippen molar-refractivity contribution in [1.82, 2.24) is 4.98 Å². The number of nitrogens with zero attached hydrogens (tertiary/aromatic N) is 1. The van der Waals surface area contributed by atoms with E-state index in [1.54, 1.807) is 13.2 Å². The number of Topliss-reactive ketones (excluding diaryl/α,β-unsaturated/α-hetero) is 1. The number of carbonyl (C=O) groups excluding carboxylic acids is 1. The van der Waals surface area contributed by atoms with Gasteiger partial charge in [0, 0.05) is 11.1 Å². The average Bonchev–Trinajstić information content (AvgIpc) is 3.05. The molecule has 3 rings (SSSR count). The van der Waals surface area contributed by atoms with Crippen LogP contribution in [0.4, 0.5) is 0 Å². The lowest BCUT2D eigenvalue weighted by atomic mass is 10.0. The summed E-state index contributed by atoms with van der Waals surface area (Å²) >= 11 is 0. The molecule has 0 N–H and O–H groups in total. The highest BCUT2D eigenvalue weighted by Gasteiger charge is 2.06. The summed E-state index contributed by atoms with van der Waals surface area (Å²) in [6, 6.07) is 17.7. The van der Waals surface area contributed by atoms with Crippen LogP contribution in [0.25, 0.3) is 11.5 Å². The normalized spacial score (nSPS) is 10.7. The molecule has 1 heterocycles. The second kappa shape index (κ2) is 7.05. The van der Waals surface area contributed by atoms with Crippen LogP contribution in [-0.2, 0) is 12.8 Å². The minimum Gasteiger partial charge on any atom is -0.444 e.